The van der Waals surface area contributed by atoms with E-state index in [0.29, 0.717) is 8.96 Å². The Bertz CT molecular complexity index is 1080. The largest absolute Gasteiger partial charge is 0.256 e. The molecule has 0 aliphatic carbocycles. The molecule has 1 nitrogen and oxygen atoms in total. The van der Waals surface area contributed by atoms with E-state index in [-0.39, 0.29) is 5.82 Å². The van der Waals surface area contributed by atoms with Crippen molar-refractivity contribution in [2.45, 2.75) is 13.8 Å². The van der Waals surface area contributed by atoms with Gasteiger partial charge in [0.2, 0.25) is 0 Å². The molecular formula is C21H15FIN. The van der Waals surface area contributed by atoms with E-state index in [2.05, 4.69) is 37.0 Å². The minimum Gasteiger partial charge on any atom is -0.256 e. The Morgan fingerprint density at radius 2 is 1.42 bits per heavy atom. The van der Waals surface area contributed by atoms with E-state index in [1.54, 1.807) is 0 Å². The van der Waals surface area contributed by atoms with Crippen molar-refractivity contribution < 1.29 is 4.39 Å². The minimum absolute atomic E-state index is 0.153. The molecule has 0 atom stereocenters. The number of rotatable bonds is 1. The quantitative estimate of drug-likeness (QED) is 0.253. The first-order chi connectivity index (χ1) is 11.5. The highest BCUT2D eigenvalue weighted by atomic mass is 127. The van der Waals surface area contributed by atoms with Gasteiger partial charge >= 0.3 is 0 Å². The van der Waals surface area contributed by atoms with E-state index in [1.165, 1.54) is 11.1 Å². The Labute approximate surface area is 153 Å². The number of pyridine rings is 1. The molecule has 0 unspecified atom stereocenters. The van der Waals surface area contributed by atoms with Crippen LogP contribution in [0.15, 0.2) is 54.7 Å². The lowest BCUT2D eigenvalue weighted by molar-refractivity contribution is 0.632. The van der Waals surface area contributed by atoms with Gasteiger partial charge in [0.25, 0.3) is 0 Å². The Morgan fingerprint density at radius 3 is 2.17 bits per heavy atom. The summed E-state index contributed by atoms with van der Waals surface area (Å²) in [6, 6.07) is 16.1. The molecule has 4 rings (SSSR count). The number of aryl methyl sites for hydroxylation is 2. The molecule has 0 aliphatic heterocycles. The van der Waals surface area contributed by atoms with Crippen LogP contribution in [-0.2, 0) is 0 Å². The van der Waals surface area contributed by atoms with Crippen LogP contribution in [0.5, 0.6) is 0 Å². The molecule has 3 heteroatoms. The van der Waals surface area contributed by atoms with Gasteiger partial charge in [-0.05, 0) is 71.5 Å². The molecule has 1 aromatic heterocycles. The van der Waals surface area contributed by atoms with Crippen molar-refractivity contribution in [3.05, 3.63) is 75.2 Å². The first kappa shape index (κ1) is 15.5. The summed E-state index contributed by atoms with van der Waals surface area (Å²) < 4.78 is 15.1. The van der Waals surface area contributed by atoms with Gasteiger partial charge in [-0.25, -0.2) is 4.39 Å². The number of benzene rings is 3. The van der Waals surface area contributed by atoms with Crippen molar-refractivity contribution in [2.24, 2.45) is 0 Å². The molecule has 0 amide bonds. The second-order valence-electron chi connectivity index (χ2n) is 6.15. The van der Waals surface area contributed by atoms with Crippen molar-refractivity contribution >= 4 is 44.1 Å². The first-order valence-electron chi connectivity index (χ1n) is 7.79. The van der Waals surface area contributed by atoms with Gasteiger partial charge in [-0.15, -0.1) is 0 Å². The van der Waals surface area contributed by atoms with Crippen LogP contribution in [0.2, 0.25) is 0 Å². The molecule has 1 heterocycles. The predicted molar refractivity (Wildman–Crippen MR) is 107 cm³/mol. The van der Waals surface area contributed by atoms with Gasteiger partial charge in [-0.3, -0.25) is 4.98 Å². The topological polar surface area (TPSA) is 12.9 Å². The van der Waals surface area contributed by atoms with Crippen LogP contribution in [-0.4, -0.2) is 4.98 Å². The smallest absolute Gasteiger partial charge is 0.144 e. The molecule has 24 heavy (non-hydrogen) atoms. The zero-order valence-corrected chi connectivity index (χ0v) is 15.6. The van der Waals surface area contributed by atoms with E-state index in [0.717, 1.165) is 27.4 Å². The number of halogens is 2. The molecule has 0 aliphatic rings. The molecule has 0 saturated carbocycles. The summed E-state index contributed by atoms with van der Waals surface area (Å²) in [5.41, 5.74) is 4.47. The summed E-state index contributed by atoms with van der Waals surface area (Å²) >= 11 is 2.03. The van der Waals surface area contributed by atoms with E-state index in [1.807, 2.05) is 59.1 Å². The van der Waals surface area contributed by atoms with Crippen LogP contribution >= 0.6 is 22.6 Å². The minimum atomic E-state index is -0.153. The van der Waals surface area contributed by atoms with Gasteiger partial charge in [0.1, 0.15) is 5.82 Å². The highest BCUT2D eigenvalue weighted by Gasteiger charge is 2.12. The molecular weight excluding hydrogens is 412 g/mol. The summed E-state index contributed by atoms with van der Waals surface area (Å²) in [5.74, 6) is -0.153. The van der Waals surface area contributed by atoms with E-state index in [9.17, 15) is 4.39 Å². The van der Waals surface area contributed by atoms with Crippen LogP contribution in [0, 0.1) is 23.2 Å². The number of aromatic nitrogens is 1. The van der Waals surface area contributed by atoms with Crippen LogP contribution in [0.3, 0.4) is 0 Å². The summed E-state index contributed by atoms with van der Waals surface area (Å²) in [6.45, 7) is 4.18. The fraction of sp³-hybridized carbons (Fsp3) is 0.0952. The molecule has 0 N–H and O–H groups in total. The number of nitrogens with zero attached hydrogens (tertiary/aromatic N) is 1. The van der Waals surface area contributed by atoms with Gasteiger partial charge in [0.15, 0.2) is 0 Å². The van der Waals surface area contributed by atoms with Gasteiger partial charge in [-0.1, -0.05) is 35.4 Å². The fourth-order valence-corrected chi connectivity index (χ4v) is 3.82. The Morgan fingerprint density at radius 1 is 0.792 bits per heavy atom. The maximum Gasteiger partial charge on any atom is 0.144 e. The average molecular weight is 427 g/mol. The van der Waals surface area contributed by atoms with Crippen LogP contribution in [0.1, 0.15) is 11.1 Å². The molecule has 0 fully saturated rings. The lowest BCUT2D eigenvalue weighted by Gasteiger charge is -2.11. The van der Waals surface area contributed by atoms with Gasteiger partial charge in [0.05, 0.1) is 5.69 Å². The third-order valence-electron chi connectivity index (χ3n) is 4.32. The van der Waals surface area contributed by atoms with Crippen LogP contribution < -0.4 is 0 Å². The maximum atomic E-state index is 14.4. The molecule has 0 spiro atoms. The Hall–Kier alpha value is -2.01. The summed E-state index contributed by atoms with van der Waals surface area (Å²) in [4.78, 5) is 4.61. The Kier molecular flexibility index (Phi) is 3.76. The standard InChI is InChI=1S/C21H15FIN/c1-12-9-13(2)11-14(10-12)21-18-4-3-17-15(16(18)7-8-24-21)5-6-19(23)20(17)22/h3-11H,1-2H3. The number of fused-ring (bicyclic) bond motifs is 3. The van der Waals surface area contributed by atoms with Gasteiger partial charge in [0, 0.05) is 26.1 Å². The van der Waals surface area contributed by atoms with Crippen molar-refractivity contribution in [3.8, 4) is 11.3 Å². The molecule has 0 radical (unpaired) electrons. The zero-order chi connectivity index (χ0) is 16.8. The predicted octanol–water partition coefficient (Wildman–Crippen LogP) is 6.42. The molecule has 0 saturated heterocycles. The van der Waals surface area contributed by atoms with Crippen molar-refractivity contribution in [2.75, 3.05) is 0 Å². The number of hydrogen-bond donors (Lipinski definition) is 0. The molecule has 0 bridgehead atoms. The van der Waals surface area contributed by atoms with Crippen LogP contribution in [0.25, 0.3) is 32.8 Å². The van der Waals surface area contributed by atoms with Gasteiger partial charge in [-0.2, -0.15) is 0 Å². The molecule has 3 aromatic carbocycles. The van der Waals surface area contributed by atoms with E-state index < -0.39 is 0 Å². The monoisotopic (exact) mass is 427 g/mol. The zero-order valence-electron chi connectivity index (χ0n) is 13.4. The van der Waals surface area contributed by atoms with Crippen molar-refractivity contribution in [1.82, 2.24) is 4.98 Å². The SMILES string of the molecule is Cc1cc(C)cc(-c2nccc3c2ccc2c(F)c(I)ccc23)c1. The normalized spacial score (nSPS) is 11.3. The third-order valence-corrected chi connectivity index (χ3v) is 5.16. The van der Waals surface area contributed by atoms with E-state index >= 15 is 0 Å². The first-order valence-corrected chi connectivity index (χ1v) is 8.86. The lowest BCUT2D eigenvalue weighted by Crippen LogP contribution is -1.91. The summed E-state index contributed by atoms with van der Waals surface area (Å²) in [5, 5.41) is 3.67. The van der Waals surface area contributed by atoms with Crippen LogP contribution in [0.4, 0.5) is 4.39 Å². The van der Waals surface area contributed by atoms with E-state index in [4.69, 9.17) is 0 Å². The molecule has 4 aromatic rings. The Balaban J connectivity index is 2.09. The highest BCUT2D eigenvalue weighted by Crippen LogP contribution is 2.34. The second kappa shape index (κ2) is 5.81. The number of hydrogen-bond acceptors (Lipinski definition) is 1. The van der Waals surface area contributed by atoms with Gasteiger partial charge < -0.3 is 0 Å². The van der Waals surface area contributed by atoms with Crippen molar-refractivity contribution in [1.29, 1.82) is 0 Å². The summed E-state index contributed by atoms with van der Waals surface area (Å²) in [7, 11) is 0. The third kappa shape index (κ3) is 2.47. The lowest BCUT2D eigenvalue weighted by atomic mass is 9.97. The second-order valence-corrected chi connectivity index (χ2v) is 7.32. The average Bonchev–Trinajstić information content (AvgIpc) is 2.56. The maximum absolute atomic E-state index is 14.4. The summed E-state index contributed by atoms with van der Waals surface area (Å²) in [6.07, 6.45) is 1.81. The molecule has 118 valence electrons. The fourth-order valence-electron chi connectivity index (χ4n) is 3.35. The highest BCUT2D eigenvalue weighted by molar-refractivity contribution is 14.1. The van der Waals surface area contributed by atoms with Crippen molar-refractivity contribution in [3.63, 3.8) is 0 Å².